The summed E-state index contributed by atoms with van der Waals surface area (Å²) in [5.41, 5.74) is 2.01. The van der Waals surface area contributed by atoms with Crippen molar-refractivity contribution >= 4 is 36.6 Å². The van der Waals surface area contributed by atoms with Crippen molar-refractivity contribution in [3.05, 3.63) is 58.9 Å². The van der Waals surface area contributed by atoms with Crippen LogP contribution < -0.4 is 5.84 Å². The SMILES string of the molecule is Cl.N=CN(N)/N=C/c1cccn1Cc1cccc(Cl)c1. The highest BCUT2D eigenvalue weighted by Gasteiger charge is 2.00. The van der Waals surface area contributed by atoms with Crippen LogP contribution in [-0.4, -0.2) is 22.2 Å². The number of nitrogens with two attached hydrogens (primary N) is 1. The van der Waals surface area contributed by atoms with E-state index in [9.17, 15) is 0 Å². The van der Waals surface area contributed by atoms with Crippen molar-refractivity contribution in [2.75, 3.05) is 0 Å². The molecular weight excluding hydrogens is 297 g/mol. The lowest BCUT2D eigenvalue weighted by Gasteiger charge is -2.07. The summed E-state index contributed by atoms with van der Waals surface area (Å²) >= 11 is 5.96. The van der Waals surface area contributed by atoms with Crippen molar-refractivity contribution in [1.29, 1.82) is 5.41 Å². The number of hydrazine groups is 1. The van der Waals surface area contributed by atoms with Gasteiger partial charge in [0.1, 0.15) is 6.34 Å². The van der Waals surface area contributed by atoms with Crippen LogP contribution in [0.4, 0.5) is 0 Å². The van der Waals surface area contributed by atoms with Gasteiger partial charge in [-0.05, 0) is 29.8 Å². The summed E-state index contributed by atoms with van der Waals surface area (Å²) in [5.74, 6) is 5.38. The standard InChI is InChI=1S/C13H14ClN5.ClH/c14-12-4-1-3-11(7-12)9-18-6-2-5-13(18)8-17-19(16)10-15;/h1-8,10,15H,9,16H2;1H/b15-10?,17-8+;. The first-order valence-corrected chi connectivity index (χ1v) is 6.05. The van der Waals surface area contributed by atoms with E-state index >= 15 is 0 Å². The van der Waals surface area contributed by atoms with Crippen LogP contribution in [0.25, 0.3) is 0 Å². The van der Waals surface area contributed by atoms with E-state index in [1.807, 2.05) is 47.2 Å². The normalized spacial score (nSPS) is 10.3. The van der Waals surface area contributed by atoms with E-state index in [4.69, 9.17) is 22.9 Å². The van der Waals surface area contributed by atoms with Gasteiger partial charge in [0.25, 0.3) is 0 Å². The summed E-state index contributed by atoms with van der Waals surface area (Å²) in [7, 11) is 0. The molecule has 3 N–H and O–H groups in total. The second-order valence-electron chi connectivity index (χ2n) is 3.94. The molecule has 5 nitrogen and oxygen atoms in total. The lowest BCUT2D eigenvalue weighted by atomic mass is 10.2. The van der Waals surface area contributed by atoms with Crippen LogP contribution in [0, 0.1) is 5.41 Å². The third-order valence-corrected chi connectivity index (χ3v) is 2.80. The molecule has 0 atom stereocenters. The molecule has 0 saturated heterocycles. The molecule has 1 heterocycles. The van der Waals surface area contributed by atoms with Gasteiger partial charge in [-0.25, -0.2) is 5.84 Å². The van der Waals surface area contributed by atoms with Gasteiger partial charge in [0.05, 0.1) is 11.9 Å². The number of nitrogens with one attached hydrogen (secondary N) is 1. The molecule has 1 aromatic heterocycles. The fraction of sp³-hybridized carbons (Fsp3) is 0.0769. The monoisotopic (exact) mass is 311 g/mol. The van der Waals surface area contributed by atoms with E-state index in [1.54, 1.807) is 6.21 Å². The van der Waals surface area contributed by atoms with Crippen LogP contribution in [0.5, 0.6) is 0 Å². The van der Waals surface area contributed by atoms with Crippen molar-refractivity contribution in [3.63, 3.8) is 0 Å². The Kier molecular flexibility index (Phi) is 6.24. The molecule has 106 valence electrons. The van der Waals surface area contributed by atoms with Crippen molar-refractivity contribution in [3.8, 4) is 0 Å². The molecule has 0 aliphatic carbocycles. The maximum atomic E-state index is 6.93. The molecule has 0 radical (unpaired) electrons. The minimum Gasteiger partial charge on any atom is -0.342 e. The van der Waals surface area contributed by atoms with Crippen LogP contribution in [0.3, 0.4) is 0 Å². The van der Waals surface area contributed by atoms with Crippen molar-refractivity contribution in [2.24, 2.45) is 10.9 Å². The van der Waals surface area contributed by atoms with E-state index < -0.39 is 0 Å². The van der Waals surface area contributed by atoms with Crippen LogP contribution in [0.1, 0.15) is 11.3 Å². The molecule has 1 aromatic carbocycles. The first-order valence-electron chi connectivity index (χ1n) is 5.67. The van der Waals surface area contributed by atoms with Gasteiger partial charge in [0, 0.05) is 17.8 Å². The highest BCUT2D eigenvalue weighted by molar-refractivity contribution is 6.30. The second-order valence-corrected chi connectivity index (χ2v) is 4.38. The second kappa shape index (κ2) is 7.69. The van der Waals surface area contributed by atoms with Crippen molar-refractivity contribution in [1.82, 2.24) is 9.69 Å². The first kappa shape index (κ1) is 16.2. The molecule has 20 heavy (non-hydrogen) atoms. The van der Waals surface area contributed by atoms with Crippen LogP contribution in [0.15, 0.2) is 47.7 Å². The summed E-state index contributed by atoms with van der Waals surface area (Å²) in [6.45, 7) is 0.698. The maximum absolute atomic E-state index is 6.93. The van der Waals surface area contributed by atoms with Crippen molar-refractivity contribution in [2.45, 2.75) is 6.54 Å². The van der Waals surface area contributed by atoms with Gasteiger partial charge in [-0.3, -0.25) is 5.41 Å². The number of aromatic nitrogens is 1. The van der Waals surface area contributed by atoms with Gasteiger partial charge in [0.15, 0.2) is 0 Å². The summed E-state index contributed by atoms with van der Waals surface area (Å²) in [6, 6.07) is 11.6. The molecule has 2 rings (SSSR count). The molecule has 2 aromatic rings. The lowest BCUT2D eigenvalue weighted by molar-refractivity contribution is 0.485. The highest BCUT2D eigenvalue weighted by atomic mass is 35.5. The Bertz CT molecular complexity index is 594. The number of hydrogen-bond acceptors (Lipinski definition) is 3. The predicted molar refractivity (Wildman–Crippen MR) is 84.6 cm³/mol. The third-order valence-electron chi connectivity index (χ3n) is 2.56. The summed E-state index contributed by atoms with van der Waals surface area (Å²) in [6.07, 6.45) is 4.49. The van der Waals surface area contributed by atoms with Gasteiger partial charge < -0.3 is 4.57 Å². The summed E-state index contributed by atoms with van der Waals surface area (Å²) in [4.78, 5) is 0. The fourth-order valence-electron chi connectivity index (χ4n) is 1.68. The Balaban J connectivity index is 0.00000200. The summed E-state index contributed by atoms with van der Waals surface area (Å²) in [5, 5.41) is 12.5. The molecule has 0 aliphatic heterocycles. The Morgan fingerprint density at radius 1 is 1.35 bits per heavy atom. The molecule has 0 bridgehead atoms. The smallest absolute Gasteiger partial charge is 0.121 e. The third kappa shape index (κ3) is 4.38. The van der Waals surface area contributed by atoms with Crippen LogP contribution in [-0.2, 0) is 6.54 Å². The predicted octanol–water partition coefficient (Wildman–Crippen LogP) is 2.73. The molecule has 0 aliphatic rings. The first-order chi connectivity index (χ1) is 9.19. The van der Waals surface area contributed by atoms with Gasteiger partial charge in [-0.2, -0.15) is 10.2 Å². The van der Waals surface area contributed by atoms with Gasteiger partial charge in [-0.1, -0.05) is 23.7 Å². The average Bonchev–Trinajstić information content (AvgIpc) is 2.83. The van der Waals surface area contributed by atoms with E-state index in [0.717, 1.165) is 27.7 Å². The number of hydrogen-bond donors (Lipinski definition) is 2. The number of rotatable bonds is 5. The minimum atomic E-state index is 0. The topological polar surface area (TPSA) is 70.4 Å². The Hall–Kier alpha value is -1.82. The van der Waals surface area contributed by atoms with Gasteiger partial charge in [-0.15, -0.1) is 12.4 Å². The highest BCUT2D eigenvalue weighted by Crippen LogP contribution is 2.13. The van der Waals surface area contributed by atoms with Crippen molar-refractivity contribution < 1.29 is 0 Å². The molecule has 0 unspecified atom stereocenters. The average molecular weight is 312 g/mol. The lowest BCUT2D eigenvalue weighted by Crippen LogP contribution is -2.22. The van der Waals surface area contributed by atoms with E-state index in [2.05, 4.69) is 5.10 Å². The molecule has 7 heteroatoms. The minimum absolute atomic E-state index is 0. The fourth-order valence-corrected chi connectivity index (χ4v) is 1.89. The number of benzene rings is 1. The molecule has 0 spiro atoms. The Labute approximate surface area is 128 Å². The Morgan fingerprint density at radius 3 is 2.85 bits per heavy atom. The number of hydrazone groups is 1. The van der Waals surface area contributed by atoms with E-state index in [-0.39, 0.29) is 12.4 Å². The molecule has 0 amide bonds. The van der Waals surface area contributed by atoms with Crippen LogP contribution in [0.2, 0.25) is 5.02 Å². The number of halogens is 2. The zero-order chi connectivity index (χ0) is 13.7. The van der Waals surface area contributed by atoms with E-state index in [1.165, 1.54) is 0 Å². The zero-order valence-corrected chi connectivity index (χ0v) is 12.2. The summed E-state index contributed by atoms with van der Waals surface area (Å²) < 4.78 is 2.02. The van der Waals surface area contributed by atoms with E-state index in [0.29, 0.717) is 6.54 Å². The van der Waals surface area contributed by atoms with Gasteiger partial charge in [0.2, 0.25) is 0 Å². The molecular formula is C13H15Cl2N5. The largest absolute Gasteiger partial charge is 0.342 e. The van der Waals surface area contributed by atoms with Gasteiger partial charge >= 0.3 is 0 Å². The zero-order valence-electron chi connectivity index (χ0n) is 10.6. The maximum Gasteiger partial charge on any atom is 0.121 e. The molecule has 0 saturated carbocycles. The quantitative estimate of drug-likeness (QED) is 0.386. The Morgan fingerprint density at radius 2 is 2.15 bits per heavy atom. The molecule has 0 fully saturated rings. The number of nitrogens with zero attached hydrogens (tertiary/aromatic N) is 3. The van der Waals surface area contributed by atoms with Crippen LogP contribution >= 0.6 is 24.0 Å².